The number of hydrogen-bond acceptors (Lipinski definition) is 2. The van der Waals surface area contributed by atoms with Crippen molar-refractivity contribution >= 4 is 59.3 Å². The first kappa shape index (κ1) is 31.6. The summed E-state index contributed by atoms with van der Waals surface area (Å²) in [5.41, 5.74) is 16.7. The molecule has 1 heterocycles. The van der Waals surface area contributed by atoms with Crippen molar-refractivity contribution in [2.45, 2.75) is 38.5 Å². The van der Waals surface area contributed by atoms with Gasteiger partial charge in [-0.1, -0.05) is 143 Å². The van der Waals surface area contributed by atoms with Crippen molar-refractivity contribution in [2.75, 3.05) is 4.90 Å². The van der Waals surface area contributed by atoms with Gasteiger partial charge in [0.25, 0.3) is 0 Å². The molecule has 258 valence electrons. The minimum atomic E-state index is -0.0393. The van der Waals surface area contributed by atoms with Crippen molar-refractivity contribution in [3.63, 3.8) is 0 Å². The molecule has 0 spiro atoms. The van der Waals surface area contributed by atoms with Crippen LogP contribution in [0.3, 0.4) is 0 Å². The molecule has 2 aliphatic carbocycles. The third-order valence-corrected chi connectivity index (χ3v) is 13.7. The lowest BCUT2D eigenvalue weighted by molar-refractivity contribution is 0.660. The maximum atomic E-state index is 2.45. The molecule has 0 saturated carbocycles. The normalized spacial score (nSPS) is 14.6. The predicted octanol–water partition coefficient (Wildman–Crippen LogP) is 15.0. The van der Waals surface area contributed by atoms with Gasteiger partial charge in [0.2, 0.25) is 0 Å². The highest BCUT2D eigenvalue weighted by atomic mass is 32.1. The van der Waals surface area contributed by atoms with Crippen molar-refractivity contribution in [1.82, 2.24) is 0 Å². The minimum Gasteiger partial charge on any atom is -0.310 e. The Morgan fingerprint density at radius 3 is 1.56 bits per heavy atom. The molecule has 11 rings (SSSR count). The molecule has 8 aromatic carbocycles. The highest BCUT2D eigenvalue weighted by Crippen LogP contribution is 2.53. The van der Waals surface area contributed by atoms with Gasteiger partial charge in [0.15, 0.2) is 0 Å². The summed E-state index contributed by atoms with van der Waals surface area (Å²) in [4.78, 5) is 2.45. The summed E-state index contributed by atoms with van der Waals surface area (Å²) >= 11 is 1.90. The van der Waals surface area contributed by atoms with Crippen molar-refractivity contribution in [1.29, 1.82) is 0 Å². The summed E-state index contributed by atoms with van der Waals surface area (Å²) < 4.78 is 2.71. The molecule has 1 nitrogen and oxygen atoms in total. The lowest BCUT2D eigenvalue weighted by atomic mass is 9.82. The Bertz CT molecular complexity index is 2890. The van der Waals surface area contributed by atoms with Gasteiger partial charge in [0, 0.05) is 48.1 Å². The Morgan fingerprint density at radius 1 is 0.389 bits per heavy atom. The lowest BCUT2D eigenvalue weighted by Crippen LogP contribution is -2.16. The smallest absolute Gasteiger partial charge is 0.0468 e. The molecule has 54 heavy (non-hydrogen) atoms. The second-order valence-corrected chi connectivity index (χ2v) is 17.2. The molecule has 1 aromatic heterocycles. The van der Waals surface area contributed by atoms with Crippen LogP contribution in [0.15, 0.2) is 164 Å². The molecule has 0 N–H and O–H groups in total. The summed E-state index contributed by atoms with van der Waals surface area (Å²) in [5.74, 6) is 0. The fourth-order valence-electron chi connectivity index (χ4n) is 9.64. The van der Waals surface area contributed by atoms with E-state index in [-0.39, 0.29) is 10.8 Å². The van der Waals surface area contributed by atoms with E-state index >= 15 is 0 Å². The van der Waals surface area contributed by atoms with Gasteiger partial charge in [-0.2, -0.15) is 0 Å². The van der Waals surface area contributed by atoms with Crippen LogP contribution in [0.25, 0.3) is 64.3 Å². The van der Waals surface area contributed by atoms with Gasteiger partial charge in [0.05, 0.1) is 0 Å². The van der Waals surface area contributed by atoms with Crippen LogP contribution in [0.5, 0.6) is 0 Å². The monoisotopic (exact) mass is 709 g/mol. The molecule has 0 fully saturated rings. The SMILES string of the molecule is CC1(C)c2ccccc2-c2cc(N(c3ccc(-c4ccc5c(ccc6c7ccccc7sc56)c4)cc3)c3ccc4c(c3)-c3ccccc3C4(C)C)ccc21. The summed E-state index contributed by atoms with van der Waals surface area (Å²) in [7, 11) is 0. The van der Waals surface area contributed by atoms with Crippen LogP contribution < -0.4 is 4.90 Å². The van der Waals surface area contributed by atoms with Gasteiger partial charge in [0.1, 0.15) is 0 Å². The fraction of sp³-hybridized carbons (Fsp3) is 0.115. The molecule has 2 aliphatic rings. The zero-order chi connectivity index (χ0) is 36.3. The number of hydrogen-bond donors (Lipinski definition) is 0. The van der Waals surface area contributed by atoms with Gasteiger partial charge in [-0.15, -0.1) is 11.3 Å². The number of nitrogens with zero attached hydrogens (tertiary/aromatic N) is 1. The van der Waals surface area contributed by atoms with Crippen LogP contribution >= 0.6 is 11.3 Å². The molecular formula is C52H39NS. The Morgan fingerprint density at radius 2 is 0.907 bits per heavy atom. The Hall–Kier alpha value is -5.96. The maximum Gasteiger partial charge on any atom is 0.0468 e. The maximum absolute atomic E-state index is 2.45. The molecule has 0 aliphatic heterocycles. The molecule has 0 amide bonds. The van der Waals surface area contributed by atoms with Crippen LogP contribution in [0.4, 0.5) is 17.1 Å². The highest BCUT2D eigenvalue weighted by Gasteiger charge is 2.37. The topological polar surface area (TPSA) is 3.24 Å². The van der Waals surface area contributed by atoms with Gasteiger partial charge in [-0.3, -0.25) is 0 Å². The van der Waals surface area contributed by atoms with E-state index in [0.29, 0.717) is 0 Å². The minimum absolute atomic E-state index is 0.0393. The first-order valence-electron chi connectivity index (χ1n) is 19.0. The standard InChI is InChI=1S/C52H39NS/c1-51(2)45-14-8-5-11-39(45)43-30-36(23-27-47(43)51)53(37-24-28-48-44(31-37)40-12-6-9-15-46(40)52(48,3)4)35-21-17-32(18-22-35)33-19-25-38-34(29-33)20-26-42-41-13-7-10-16-49(41)54-50(38)42/h5-31H,1-4H3. The third-order valence-electron chi connectivity index (χ3n) is 12.5. The zero-order valence-electron chi connectivity index (χ0n) is 30.9. The molecule has 0 atom stereocenters. The third kappa shape index (κ3) is 4.44. The Balaban J connectivity index is 1.04. The van der Waals surface area contributed by atoms with E-state index in [1.165, 1.54) is 86.6 Å². The average Bonchev–Trinajstić information content (AvgIpc) is 3.78. The predicted molar refractivity (Wildman–Crippen MR) is 232 cm³/mol. The number of benzene rings is 8. The molecule has 0 unspecified atom stereocenters. The zero-order valence-corrected chi connectivity index (χ0v) is 31.8. The van der Waals surface area contributed by atoms with E-state index in [9.17, 15) is 0 Å². The van der Waals surface area contributed by atoms with E-state index in [1.54, 1.807) is 0 Å². The molecule has 9 aromatic rings. The van der Waals surface area contributed by atoms with Crippen LogP contribution in [0, 0.1) is 0 Å². The fourth-order valence-corrected chi connectivity index (χ4v) is 10.9. The summed E-state index contributed by atoms with van der Waals surface area (Å²) in [5, 5.41) is 5.29. The Labute approximate surface area is 320 Å². The average molecular weight is 710 g/mol. The van der Waals surface area contributed by atoms with Gasteiger partial charge in [-0.25, -0.2) is 0 Å². The molecule has 2 heteroatoms. The quantitative estimate of drug-likeness (QED) is 0.176. The summed E-state index contributed by atoms with van der Waals surface area (Å²) in [6, 6.07) is 61.5. The number of rotatable bonds is 4. The van der Waals surface area contributed by atoms with Crippen molar-refractivity contribution in [3.8, 4) is 33.4 Å². The highest BCUT2D eigenvalue weighted by molar-refractivity contribution is 7.26. The van der Waals surface area contributed by atoms with Gasteiger partial charge in [-0.05, 0) is 115 Å². The van der Waals surface area contributed by atoms with E-state index in [4.69, 9.17) is 0 Å². The molecule has 0 bridgehead atoms. The number of anilines is 3. The van der Waals surface area contributed by atoms with Crippen molar-refractivity contribution < 1.29 is 0 Å². The van der Waals surface area contributed by atoms with E-state index < -0.39 is 0 Å². The number of fused-ring (bicyclic) bond motifs is 11. The first-order chi connectivity index (χ1) is 26.3. The van der Waals surface area contributed by atoms with Crippen LogP contribution in [0.2, 0.25) is 0 Å². The largest absolute Gasteiger partial charge is 0.310 e. The first-order valence-corrected chi connectivity index (χ1v) is 19.8. The van der Waals surface area contributed by atoms with Crippen LogP contribution in [-0.4, -0.2) is 0 Å². The van der Waals surface area contributed by atoms with E-state index in [1.807, 2.05) is 11.3 Å². The van der Waals surface area contributed by atoms with Crippen molar-refractivity contribution in [2.24, 2.45) is 0 Å². The van der Waals surface area contributed by atoms with Crippen LogP contribution in [0.1, 0.15) is 49.9 Å². The van der Waals surface area contributed by atoms with E-state index in [2.05, 4.69) is 196 Å². The Kier molecular flexibility index (Phi) is 6.59. The molecule has 0 saturated heterocycles. The summed E-state index contributed by atoms with van der Waals surface area (Å²) in [6.45, 7) is 9.41. The van der Waals surface area contributed by atoms with Gasteiger partial charge < -0.3 is 4.90 Å². The van der Waals surface area contributed by atoms with E-state index in [0.717, 1.165) is 17.1 Å². The van der Waals surface area contributed by atoms with Crippen LogP contribution in [-0.2, 0) is 10.8 Å². The molecule has 0 radical (unpaired) electrons. The molecular weight excluding hydrogens is 671 g/mol. The van der Waals surface area contributed by atoms with Gasteiger partial charge >= 0.3 is 0 Å². The van der Waals surface area contributed by atoms with Crippen molar-refractivity contribution in [3.05, 3.63) is 186 Å². The second-order valence-electron chi connectivity index (χ2n) is 16.2. The lowest BCUT2D eigenvalue weighted by Gasteiger charge is -2.28. The second kappa shape index (κ2) is 11.3. The number of thiophene rings is 1. The summed E-state index contributed by atoms with van der Waals surface area (Å²) in [6.07, 6.45) is 0.